The van der Waals surface area contributed by atoms with E-state index in [1.807, 2.05) is 0 Å². The van der Waals surface area contributed by atoms with Crippen molar-refractivity contribution in [1.29, 1.82) is 0 Å². The number of carbonyl (C=O) groups is 1. The van der Waals surface area contributed by atoms with Gasteiger partial charge in [0, 0.05) is 5.88 Å². The molecule has 0 saturated heterocycles. The standard InChI is InChI=1S/C20H26ClNO/c1-18(8-5-9-21)15-10-19(14-6-3-2-4-7-14)12-16(18)20(11-15,13-19)17(22)23/h2-4,6-7,15-16H,5,8-13H2,1H3,(H2,22,23). The molecule has 4 fully saturated rings. The van der Waals surface area contributed by atoms with Crippen molar-refractivity contribution >= 4 is 17.5 Å². The fourth-order valence-corrected chi connectivity index (χ4v) is 6.80. The Labute approximate surface area is 143 Å². The first-order valence-corrected chi connectivity index (χ1v) is 9.42. The predicted octanol–water partition coefficient (Wildman–Crippen LogP) is 4.26. The zero-order chi connectivity index (χ0) is 16.3. The third-order valence-electron chi connectivity index (χ3n) is 7.62. The highest BCUT2D eigenvalue weighted by Crippen LogP contribution is 2.77. The Morgan fingerprint density at radius 1 is 1.26 bits per heavy atom. The SMILES string of the molecule is CC1(CCCCl)C2CC3(c4ccccc4)CC1C(C(N)=O)(C2)C3. The number of benzene rings is 1. The summed E-state index contributed by atoms with van der Waals surface area (Å²) in [5.74, 6) is 1.68. The van der Waals surface area contributed by atoms with Gasteiger partial charge < -0.3 is 5.73 Å². The Balaban J connectivity index is 1.76. The Morgan fingerprint density at radius 3 is 2.65 bits per heavy atom. The van der Waals surface area contributed by atoms with Crippen LogP contribution in [0.25, 0.3) is 0 Å². The van der Waals surface area contributed by atoms with E-state index >= 15 is 0 Å². The summed E-state index contributed by atoms with van der Waals surface area (Å²) < 4.78 is 0. The number of alkyl halides is 1. The average Bonchev–Trinajstić information content (AvgIpc) is 2.91. The molecule has 5 atom stereocenters. The number of hydrogen-bond donors (Lipinski definition) is 1. The summed E-state index contributed by atoms with van der Waals surface area (Å²) in [5, 5.41) is 0. The molecule has 0 aliphatic heterocycles. The number of carbonyl (C=O) groups excluding carboxylic acids is 1. The van der Waals surface area contributed by atoms with E-state index < -0.39 is 0 Å². The van der Waals surface area contributed by atoms with Gasteiger partial charge in [0.15, 0.2) is 0 Å². The first kappa shape index (κ1) is 15.5. The number of halogens is 1. The van der Waals surface area contributed by atoms with Crippen LogP contribution in [0.5, 0.6) is 0 Å². The molecule has 4 aliphatic rings. The summed E-state index contributed by atoms with van der Waals surface area (Å²) in [5.41, 5.74) is 7.52. The lowest BCUT2D eigenvalue weighted by Crippen LogP contribution is -2.41. The molecule has 124 valence electrons. The second kappa shape index (κ2) is 4.99. The Bertz CT molecular complexity index is 632. The molecule has 1 aromatic rings. The van der Waals surface area contributed by atoms with Crippen molar-refractivity contribution in [3.8, 4) is 0 Å². The average molecular weight is 332 g/mol. The van der Waals surface area contributed by atoms with Crippen LogP contribution in [0.3, 0.4) is 0 Å². The summed E-state index contributed by atoms with van der Waals surface area (Å²) in [4.78, 5) is 12.5. The molecule has 0 spiro atoms. The van der Waals surface area contributed by atoms with Gasteiger partial charge in [0.25, 0.3) is 0 Å². The molecule has 5 rings (SSSR count). The van der Waals surface area contributed by atoms with Crippen molar-refractivity contribution in [2.24, 2.45) is 28.4 Å². The van der Waals surface area contributed by atoms with Crippen LogP contribution in [0.15, 0.2) is 30.3 Å². The highest BCUT2D eigenvalue weighted by atomic mass is 35.5. The van der Waals surface area contributed by atoms with E-state index in [-0.39, 0.29) is 22.2 Å². The summed E-state index contributed by atoms with van der Waals surface area (Å²) in [6, 6.07) is 10.8. The number of nitrogens with two attached hydrogens (primary N) is 1. The predicted molar refractivity (Wildman–Crippen MR) is 93.3 cm³/mol. The number of amides is 1. The van der Waals surface area contributed by atoms with Crippen LogP contribution in [-0.2, 0) is 10.2 Å². The maximum atomic E-state index is 12.5. The van der Waals surface area contributed by atoms with Crippen molar-refractivity contribution < 1.29 is 4.79 Å². The quantitative estimate of drug-likeness (QED) is 0.805. The third-order valence-corrected chi connectivity index (χ3v) is 7.89. The third kappa shape index (κ3) is 1.91. The monoisotopic (exact) mass is 331 g/mol. The van der Waals surface area contributed by atoms with Crippen molar-refractivity contribution in [3.63, 3.8) is 0 Å². The summed E-state index contributed by atoms with van der Waals surface area (Å²) >= 11 is 5.97. The van der Waals surface area contributed by atoms with Crippen LogP contribution in [0.1, 0.15) is 51.0 Å². The van der Waals surface area contributed by atoms with Crippen molar-refractivity contribution in [3.05, 3.63) is 35.9 Å². The Hall–Kier alpha value is -1.02. The molecule has 3 heteroatoms. The van der Waals surface area contributed by atoms with Gasteiger partial charge in [-0.2, -0.15) is 0 Å². The maximum absolute atomic E-state index is 12.5. The van der Waals surface area contributed by atoms with Gasteiger partial charge in [-0.05, 0) is 66.8 Å². The molecule has 0 heterocycles. The molecular formula is C20H26ClNO. The van der Waals surface area contributed by atoms with Crippen molar-refractivity contribution in [1.82, 2.24) is 0 Å². The molecule has 1 aromatic carbocycles. The Kier molecular flexibility index (Phi) is 3.36. The molecule has 0 radical (unpaired) electrons. The Morgan fingerprint density at radius 2 is 2.00 bits per heavy atom. The summed E-state index contributed by atoms with van der Waals surface area (Å²) in [6.45, 7) is 2.40. The van der Waals surface area contributed by atoms with Crippen molar-refractivity contribution in [2.75, 3.05) is 5.88 Å². The lowest BCUT2D eigenvalue weighted by Gasteiger charge is -2.48. The van der Waals surface area contributed by atoms with Gasteiger partial charge in [0.2, 0.25) is 5.91 Å². The van der Waals surface area contributed by atoms with Crippen LogP contribution >= 0.6 is 11.6 Å². The first-order valence-electron chi connectivity index (χ1n) is 8.88. The molecule has 4 bridgehead atoms. The largest absolute Gasteiger partial charge is 0.369 e. The minimum Gasteiger partial charge on any atom is -0.369 e. The molecule has 4 saturated carbocycles. The van der Waals surface area contributed by atoms with Gasteiger partial charge in [-0.15, -0.1) is 11.6 Å². The number of primary amides is 1. The molecule has 4 aliphatic carbocycles. The van der Waals surface area contributed by atoms with E-state index in [2.05, 4.69) is 37.3 Å². The van der Waals surface area contributed by atoms with E-state index in [0.717, 1.165) is 32.1 Å². The lowest BCUT2D eigenvalue weighted by atomic mass is 9.56. The zero-order valence-electron chi connectivity index (χ0n) is 13.9. The molecule has 2 nitrogen and oxygen atoms in total. The van der Waals surface area contributed by atoms with E-state index in [1.165, 1.54) is 12.0 Å². The lowest BCUT2D eigenvalue weighted by molar-refractivity contribution is -0.130. The van der Waals surface area contributed by atoms with Crippen LogP contribution in [-0.4, -0.2) is 11.8 Å². The normalized spacial score (nSPS) is 43.9. The molecule has 1 amide bonds. The fourth-order valence-electron chi connectivity index (χ4n) is 6.67. The first-order chi connectivity index (χ1) is 11.0. The van der Waals surface area contributed by atoms with Gasteiger partial charge in [0.1, 0.15) is 0 Å². The van der Waals surface area contributed by atoms with Crippen LogP contribution < -0.4 is 5.73 Å². The van der Waals surface area contributed by atoms with Gasteiger partial charge in [-0.1, -0.05) is 37.3 Å². The van der Waals surface area contributed by atoms with Crippen molar-refractivity contribution in [2.45, 2.75) is 50.9 Å². The molecule has 5 unspecified atom stereocenters. The van der Waals surface area contributed by atoms with E-state index in [1.54, 1.807) is 0 Å². The van der Waals surface area contributed by atoms with Gasteiger partial charge in [-0.3, -0.25) is 4.79 Å². The summed E-state index contributed by atoms with van der Waals surface area (Å²) in [7, 11) is 0. The molecule has 2 N–H and O–H groups in total. The zero-order valence-corrected chi connectivity index (χ0v) is 14.6. The smallest absolute Gasteiger partial charge is 0.223 e. The number of rotatable bonds is 5. The molecule has 23 heavy (non-hydrogen) atoms. The van der Waals surface area contributed by atoms with Crippen LogP contribution in [0.4, 0.5) is 0 Å². The van der Waals surface area contributed by atoms with Crippen LogP contribution in [0.2, 0.25) is 0 Å². The van der Waals surface area contributed by atoms with Crippen LogP contribution in [0, 0.1) is 22.7 Å². The summed E-state index contributed by atoms with van der Waals surface area (Å²) in [6.07, 6.45) is 6.46. The number of hydrogen-bond acceptors (Lipinski definition) is 1. The maximum Gasteiger partial charge on any atom is 0.223 e. The van der Waals surface area contributed by atoms with Gasteiger partial charge in [0.05, 0.1) is 5.41 Å². The minimum absolute atomic E-state index is 0.0559. The van der Waals surface area contributed by atoms with Gasteiger partial charge >= 0.3 is 0 Å². The second-order valence-electron chi connectivity index (χ2n) is 8.50. The van der Waals surface area contributed by atoms with Gasteiger partial charge in [-0.25, -0.2) is 0 Å². The molecule has 0 aromatic heterocycles. The highest BCUT2D eigenvalue weighted by Gasteiger charge is 2.73. The van der Waals surface area contributed by atoms with E-state index in [0.29, 0.717) is 17.7 Å². The topological polar surface area (TPSA) is 43.1 Å². The second-order valence-corrected chi connectivity index (χ2v) is 8.88. The highest BCUT2D eigenvalue weighted by molar-refractivity contribution is 6.17. The molecular weight excluding hydrogens is 306 g/mol. The van der Waals surface area contributed by atoms with E-state index in [9.17, 15) is 4.79 Å². The minimum atomic E-state index is -0.278. The fraction of sp³-hybridized carbons (Fsp3) is 0.650. The van der Waals surface area contributed by atoms with E-state index in [4.69, 9.17) is 17.3 Å².